The van der Waals surface area contributed by atoms with Crippen molar-refractivity contribution in [3.05, 3.63) is 162 Å². The van der Waals surface area contributed by atoms with Crippen molar-refractivity contribution >= 4 is 75.9 Å². The maximum atomic E-state index is 13.7. The van der Waals surface area contributed by atoms with Gasteiger partial charge < -0.3 is 34.9 Å². The average molecular weight is 871 g/mol. The topological polar surface area (TPSA) is 193 Å². The molecule has 2 amide bonds. The maximum Gasteiger partial charge on any atom is 0.373 e. The maximum absolute atomic E-state index is 13.7. The van der Waals surface area contributed by atoms with Crippen LogP contribution in [0.2, 0.25) is 10.0 Å². The lowest BCUT2D eigenvalue weighted by atomic mass is 9.88. The molecule has 4 N–H and O–H groups in total. The predicted octanol–water partition coefficient (Wildman–Crippen LogP) is 6.57. The number of carboxylic acids is 1. The molecule has 0 saturated heterocycles. The normalized spacial score (nSPS) is 11.3. The van der Waals surface area contributed by atoms with Gasteiger partial charge in [-0.2, -0.15) is 9.59 Å². The molecule has 5 aromatic carbocycles. The quantitative estimate of drug-likeness (QED) is 0.115. The van der Waals surface area contributed by atoms with Gasteiger partial charge in [-0.3, -0.25) is 14.4 Å². The number of hydrogen-bond acceptors (Lipinski definition) is 10. The van der Waals surface area contributed by atoms with Crippen LogP contribution in [0.25, 0.3) is 45.6 Å². The summed E-state index contributed by atoms with van der Waals surface area (Å²) in [5.74, 6) is -1.34. The Bertz CT molecular complexity index is 3160. The molecule has 8 rings (SSSR count). The SMILES string of the molecule is C=c1ccc2c(c1)Oc1cc(N(C)C)ccc1C=2c1c(Cl)c(C(=O)NCC(=O)NCc2ccc(-c3c4ccc(=O)cc-4oc4cc(O)ccc34)cc2)cc(Cl)c1C(=O)O.O=C=O. The number of carboxylic acid groups (broad SMARTS) is 1. The first-order valence-electron chi connectivity index (χ1n) is 18.6. The van der Waals surface area contributed by atoms with Gasteiger partial charge >= 0.3 is 12.1 Å². The molecule has 13 nitrogen and oxygen atoms in total. The van der Waals surface area contributed by atoms with Crippen molar-refractivity contribution in [3.63, 3.8) is 0 Å². The second kappa shape index (κ2) is 17.5. The molecule has 0 fully saturated rings. The molecule has 310 valence electrons. The second-order valence-electron chi connectivity index (χ2n) is 14.2. The van der Waals surface area contributed by atoms with E-state index in [9.17, 15) is 29.4 Å². The van der Waals surface area contributed by atoms with Crippen LogP contribution in [0.3, 0.4) is 0 Å². The number of amides is 2. The standard InChI is InChI=1S/C46H33Cl2N3O8.CO2/c1-23-4-12-31-35(16-23)58-36-17-26(51(2)3)9-13-32(36)41(31)43-42(46(56)57)34(47)20-33(44(43)48)45(55)50-22-39(54)49-21-24-5-7-25(8-6-24)40-29-14-10-27(52)18-37(29)59-38-19-28(53)11-15-30(38)40;2-1-3/h4-20,52H,1,21-22H2,2-3H3,(H,49,54)(H,50,55)(H,56,57);. The number of phenols is 1. The van der Waals surface area contributed by atoms with E-state index in [0.29, 0.717) is 44.4 Å². The highest BCUT2D eigenvalue weighted by atomic mass is 35.5. The number of benzene rings is 6. The summed E-state index contributed by atoms with van der Waals surface area (Å²) in [5.41, 5.74) is 4.67. The predicted molar refractivity (Wildman–Crippen MR) is 232 cm³/mol. The third-order valence-corrected chi connectivity index (χ3v) is 10.7. The van der Waals surface area contributed by atoms with Gasteiger partial charge in [0, 0.05) is 83.0 Å². The van der Waals surface area contributed by atoms with Crippen molar-refractivity contribution in [1.29, 1.82) is 0 Å². The van der Waals surface area contributed by atoms with Gasteiger partial charge in [0.25, 0.3) is 5.91 Å². The Kier molecular flexibility index (Phi) is 12.0. The van der Waals surface area contributed by atoms with E-state index in [1.54, 1.807) is 42.5 Å². The smallest absolute Gasteiger partial charge is 0.373 e. The second-order valence-corrected chi connectivity index (χ2v) is 15.0. The summed E-state index contributed by atoms with van der Waals surface area (Å²) >= 11 is 13.6. The third kappa shape index (κ3) is 8.36. The average Bonchev–Trinajstić information content (AvgIpc) is 3.23. The van der Waals surface area contributed by atoms with Crippen LogP contribution in [0.1, 0.15) is 37.4 Å². The van der Waals surface area contributed by atoms with E-state index >= 15 is 0 Å². The van der Waals surface area contributed by atoms with Crippen molar-refractivity contribution in [2.45, 2.75) is 6.54 Å². The van der Waals surface area contributed by atoms with Crippen LogP contribution in [-0.4, -0.2) is 54.8 Å². The molecule has 0 saturated carbocycles. The number of nitrogens with one attached hydrogen (secondary N) is 2. The van der Waals surface area contributed by atoms with Gasteiger partial charge in [0.05, 0.1) is 27.7 Å². The highest BCUT2D eigenvalue weighted by Crippen LogP contribution is 2.44. The Balaban J connectivity index is 0.00000187. The number of fused-ring (bicyclic) bond motifs is 4. The number of aromatic carboxylic acids is 1. The molecule has 0 spiro atoms. The molecule has 5 aromatic rings. The number of aromatic hydroxyl groups is 1. The van der Waals surface area contributed by atoms with Gasteiger partial charge in [-0.1, -0.05) is 66.2 Å². The minimum absolute atomic E-state index is 0.0177. The summed E-state index contributed by atoms with van der Waals surface area (Å²) < 4.78 is 12.2. The zero-order chi connectivity index (χ0) is 44.4. The van der Waals surface area contributed by atoms with Gasteiger partial charge in [0.15, 0.2) is 5.43 Å². The Morgan fingerprint density at radius 3 is 2.26 bits per heavy atom. The molecular formula is C47H33Cl2N3O10. The van der Waals surface area contributed by atoms with E-state index in [0.717, 1.165) is 33.3 Å². The van der Waals surface area contributed by atoms with E-state index in [1.165, 1.54) is 24.3 Å². The molecule has 0 aromatic heterocycles. The van der Waals surface area contributed by atoms with Gasteiger partial charge in [-0.25, -0.2) is 4.79 Å². The molecule has 3 aliphatic rings. The van der Waals surface area contributed by atoms with E-state index in [2.05, 4.69) is 17.2 Å². The lowest BCUT2D eigenvalue weighted by Gasteiger charge is -2.25. The molecule has 1 aliphatic carbocycles. The van der Waals surface area contributed by atoms with Crippen LogP contribution in [-0.2, 0) is 20.9 Å². The molecule has 0 atom stereocenters. The fourth-order valence-corrected chi connectivity index (χ4v) is 7.80. The number of phenolic OH excluding ortho intramolecular Hbond substituents is 1. The molecule has 15 heteroatoms. The summed E-state index contributed by atoms with van der Waals surface area (Å²) in [6.45, 7) is 3.72. The van der Waals surface area contributed by atoms with Crippen molar-refractivity contribution in [1.82, 2.24) is 10.6 Å². The summed E-state index contributed by atoms with van der Waals surface area (Å²) in [4.78, 5) is 69.8. The van der Waals surface area contributed by atoms with Crippen LogP contribution >= 0.6 is 23.2 Å². The lowest BCUT2D eigenvalue weighted by Crippen LogP contribution is -2.36. The van der Waals surface area contributed by atoms with E-state index < -0.39 is 24.3 Å². The van der Waals surface area contributed by atoms with Gasteiger partial charge in [-0.05, 0) is 64.9 Å². The molecule has 62 heavy (non-hydrogen) atoms. The minimum Gasteiger partial charge on any atom is -0.508 e. The molecule has 2 heterocycles. The zero-order valence-corrected chi connectivity index (χ0v) is 34.3. The van der Waals surface area contributed by atoms with Crippen LogP contribution in [0, 0.1) is 0 Å². The largest absolute Gasteiger partial charge is 0.508 e. The van der Waals surface area contributed by atoms with E-state index in [4.69, 9.17) is 41.9 Å². The number of ether oxygens (including phenoxy) is 1. The number of nitrogens with zero attached hydrogens (tertiary/aromatic N) is 1. The minimum atomic E-state index is -1.36. The van der Waals surface area contributed by atoms with E-state index in [1.807, 2.05) is 55.4 Å². The van der Waals surface area contributed by atoms with Crippen molar-refractivity contribution < 1.29 is 43.3 Å². The van der Waals surface area contributed by atoms with Crippen molar-refractivity contribution in [2.24, 2.45) is 0 Å². The third-order valence-electron chi connectivity index (χ3n) is 10.0. The van der Waals surface area contributed by atoms with Gasteiger partial charge in [0.1, 0.15) is 28.6 Å². The van der Waals surface area contributed by atoms with Crippen molar-refractivity contribution in [2.75, 3.05) is 25.5 Å². The van der Waals surface area contributed by atoms with E-state index in [-0.39, 0.29) is 50.6 Å². The molecule has 0 radical (unpaired) electrons. The Labute approximate surface area is 362 Å². The fourth-order valence-electron chi connectivity index (χ4n) is 7.18. The first-order chi connectivity index (χ1) is 29.7. The van der Waals surface area contributed by atoms with Crippen LogP contribution in [0.5, 0.6) is 17.2 Å². The number of anilines is 1. The summed E-state index contributed by atoms with van der Waals surface area (Å²) in [5, 5.41) is 27.4. The van der Waals surface area contributed by atoms with Gasteiger partial charge in [0.2, 0.25) is 5.91 Å². The first-order valence-corrected chi connectivity index (χ1v) is 19.4. The number of hydrogen-bond donors (Lipinski definition) is 4. The zero-order valence-electron chi connectivity index (χ0n) is 32.8. The van der Waals surface area contributed by atoms with Crippen LogP contribution in [0.4, 0.5) is 5.69 Å². The summed E-state index contributed by atoms with van der Waals surface area (Å²) in [6, 6.07) is 28.7. The first kappa shape index (κ1) is 42.4. The number of halogens is 2. The summed E-state index contributed by atoms with van der Waals surface area (Å²) in [6.07, 6.45) is 0.250. The lowest BCUT2D eigenvalue weighted by molar-refractivity contribution is -0.191. The Morgan fingerprint density at radius 2 is 1.55 bits per heavy atom. The number of carbonyl (C=O) groups excluding carboxylic acids is 4. The summed E-state index contributed by atoms with van der Waals surface area (Å²) in [7, 11) is 3.76. The monoisotopic (exact) mass is 869 g/mol. The van der Waals surface area contributed by atoms with Crippen LogP contribution < -0.4 is 36.1 Å². The molecule has 0 unspecified atom stereocenters. The van der Waals surface area contributed by atoms with Crippen LogP contribution in [0.15, 0.2) is 112 Å². The molecule has 0 bridgehead atoms. The highest BCUT2D eigenvalue weighted by molar-refractivity contribution is 6.40. The fraction of sp³-hybridized carbons (Fsp3) is 0.0851. The number of carbonyl (C=O) groups is 3. The Hall–Kier alpha value is -7.70. The number of rotatable bonds is 9. The highest BCUT2D eigenvalue weighted by Gasteiger charge is 2.31. The molecule has 2 aliphatic heterocycles. The molecular weight excluding hydrogens is 837 g/mol. The van der Waals surface area contributed by atoms with Gasteiger partial charge in [-0.15, -0.1) is 0 Å². The Morgan fingerprint density at radius 1 is 0.823 bits per heavy atom. The van der Waals surface area contributed by atoms with Crippen molar-refractivity contribution in [3.8, 4) is 39.7 Å².